The van der Waals surface area contributed by atoms with E-state index in [1.165, 1.54) is 4.31 Å². The van der Waals surface area contributed by atoms with Gasteiger partial charge in [0.1, 0.15) is 4.90 Å². The van der Waals surface area contributed by atoms with Crippen molar-refractivity contribution in [1.29, 1.82) is 0 Å². The molecule has 2 N–H and O–H groups in total. The number of aryl methyl sites for hydroxylation is 2. The minimum absolute atomic E-state index is 0.0861. The number of likely N-dealkylation sites (N-methyl/N-ethyl adjacent to an activating group) is 1. The van der Waals surface area contributed by atoms with Crippen molar-refractivity contribution in [2.75, 3.05) is 20.1 Å². The fraction of sp³-hybridized carbons (Fsp3) is 0.727. The summed E-state index contributed by atoms with van der Waals surface area (Å²) in [4.78, 5) is 0.298. The molecule has 104 valence electrons. The van der Waals surface area contributed by atoms with Crippen molar-refractivity contribution in [3.05, 3.63) is 11.4 Å². The maximum Gasteiger partial charge on any atom is 0.247 e. The van der Waals surface area contributed by atoms with E-state index < -0.39 is 10.0 Å². The molecular weight excluding hydrogens is 252 g/mol. The van der Waals surface area contributed by atoms with Gasteiger partial charge in [0.25, 0.3) is 0 Å². The first-order valence-electron chi connectivity index (χ1n) is 6.00. The van der Waals surface area contributed by atoms with Crippen LogP contribution in [0.4, 0.5) is 0 Å². The van der Waals surface area contributed by atoms with E-state index in [-0.39, 0.29) is 6.04 Å². The van der Waals surface area contributed by atoms with Gasteiger partial charge in [-0.3, -0.25) is 5.10 Å². The Hall–Kier alpha value is -0.920. The SMILES string of the molecule is CNCCN(C(C)C)S(=O)(=O)c1c(C)n[nH]c1C. The first-order chi connectivity index (χ1) is 8.32. The quantitative estimate of drug-likeness (QED) is 0.798. The third-order valence-corrected chi connectivity index (χ3v) is 5.12. The Balaban J connectivity index is 3.17. The molecule has 1 heterocycles. The lowest BCUT2D eigenvalue weighted by atomic mass is 10.4. The Morgan fingerprint density at radius 1 is 1.39 bits per heavy atom. The summed E-state index contributed by atoms with van der Waals surface area (Å²) in [7, 11) is -1.69. The number of H-pyrrole nitrogens is 1. The minimum atomic E-state index is -3.49. The molecule has 0 spiro atoms. The van der Waals surface area contributed by atoms with Crippen LogP contribution in [0.5, 0.6) is 0 Å². The molecule has 0 fully saturated rings. The molecule has 1 aromatic heterocycles. The molecule has 0 saturated carbocycles. The first-order valence-corrected chi connectivity index (χ1v) is 7.44. The lowest BCUT2D eigenvalue weighted by Gasteiger charge is -2.25. The molecular formula is C11H22N4O2S. The first kappa shape index (κ1) is 15.1. The molecule has 1 aromatic rings. The average Bonchev–Trinajstić information content (AvgIpc) is 2.58. The number of rotatable bonds is 6. The van der Waals surface area contributed by atoms with E-state index in [4.69, 9.17) is 0 Å². The number of aromatic amines is 1. The third kappa shape index (κ3) is 2.90. The Labute approximate surface area is 109 Å². The van der Waals surface area contributed by atoms with Crippen LogP contribution in [0, 0.1) is 13.8 Å². The molecule has 0 atom stereocenters. The Morgan fingerprint density at radius 2 is 2.00 bits per heavy atom. The highest BCUT2D eigenvalue weighted by atomic mass is 32.2. The van der Waals surface area contributed by atoms with Crippen LogP contribution >= 0.6 is 0 Å². The van der Waals surface area contributed by atoms with Crippen LogP contribution in [0.15, 0.2) is 4.90 Å². The highest BCUT2D eigenvalue weighted by molar-refractivity contribution is 7.89. The molecule has 0 unspecified atom stereocenters. The standard InChI is InChI=1S/C11H22N4O2S/c1-8(2)15(7-6-12-5)18(16,17)11-9(3)13-14-10(11)4/h8,12H,6-7H2,1-5H3,(H,13,14). The van der Waals surface area contributed by atoms with Crippen molar-refractivity contribution in [2.45, 2.75) is 38.6 Å². The molecule has 1 rings (SSSR count). The predicted octanol–water partition coefficient (Wildman–Crippen LogP) is 0.645. The number of nitrogens with one attached hydrogen (secondary N) is 2. The summed E-state index contributed by atoms with van der Waals surface area (Å²) in [5.74, 6) is 0. The lowest BCUT2D eigenvalue weighted by molar-refractivity contribution is 0.354. The minimum Gasteiger partial charge on any atom is -0.318 e. The molecule has 7 heteroatoms. The summed E-state index contributed by atoms with van der Waals surface area (Å²) >= 11 is 0. The number of sulfonamides is 1. The normalized spacial score (nSPS) is 12.6. The third-order valence-electron chi connectivity index (χ3n) is 2.79. The summed E-state index contributed by atoms with van der Waals surface area (Å²) in [6.07, 6.45) is 0. The van der Waals surface area contributed by atoms with Crippen molar-refractivity contribution in [1.82, 2.24) is 19.8 Å². The van der Waals surface area contributed by atoms with Gasteiger partial charge in [-0.15, -0.1) is 0 Å². The molecule has 0 bridgehead atoms. The molecule has 6 nitrogen and oxygen atoms in total. The average molecular weight is 274 g/mol. The van der Waals surface area contributed by atoms with Gasteiger partial charge in [0.05, 0.1) is 11.4 Å². The monoisotopic (exact) mass is 274 g/mol. The zero-order chi connectivity index (χ0) is 13.9. The van der Waals surface area contributed by atoms with Crippen molar-refractivity contribution in [2.24, 2.45) is 0 Å². The van der Waals surface area contributed by atoms with Crippen LogP contribution in [0.25, 0.3) is 0 Å². The summed E-state index contributed by atoms with van der Waals surface area (Å²) < 4.78 is 26.7. The zero-order valence-corrected chi connectivity index (χ0v) is 12.4. The fourth-order valence-corrected chi connectivity index (χ4v) is 3.89. The van der Waals surface area contributed by atoms with Crippen LogP contribution < -0.4 is 5.32 Å². The van der Waals surface area contributed by atoms with Crippen molar-refractivity contribution >= 4 is 10.0 Å². The number of hydrogen-bond donors (Lipinski definition) is 2. The maximum atomic E-state index is 12.6. The van der Waals surface area contributed by atoms with Gasteiger partial charge in [-0.25, -0.2) is 8.42 Å². The summed E-state index contributed by atoms with van der Waals surface area (Å²) in [6.45, 7) is 8.24. The topological polar surface area (TPSA) is 78.1 Å². The maximum absolute atomic E-state index is 12.6. The van der Waals surface area contributed by atoms with Crippen LogP contribution in [0.1, 0.15) is 25.2 Å². The number of nitrogens with zero attached hydrogens (tertiary/aromatic N) is 2. The van der Waals surface area contributed by atoms with Crippen molar-refractivity contribution in [3.63, 3.8) is 0 Å². The van der Waals surface area contributed by atoms with Gasteiger partial charge in [-0.05, 0) is 34.7 Å². The number of hydrogen-bond acceptors (Lipinski definition) is 4. The Kier molecular flexibility index (Phi) is 4.89. The molecule has 18 heavy (non-hydrogen) atoms. The molecule has 0 aromatic carbocycles. The summed E-state index contributed by atoms with van der Waals surface area (Å²) in [6, 6.07) is -0.0861. The van der Waals surface area contributed by atoms with Gasteiger partial charge in [0.15, 0.2) is 0 Å². The van der Waals surface area contributed by atoms with Gasteiger partial charge in [-0.2, -0.15) is 9.40 Å². The molecule has 0 saturated heterocycles. The second-order valence-electron chi connectivity index (χ2n) is 4.58. The fourth-order valence-electron chi connectivity index (χ4n) is 1.92. The highest BCUT2D eigenvalue weighted by Crippen LogP contribution is 2.22. The van der Waals surface area contributed by atoms with Gasteiger partial charge >= 0.3 is 0 Å². The molecule has 0 amide bonds. The van der Waals surface area contributed by atoms with E-state index in [1.807, 2.05) is 13.8 Å². The predicted molar refractivity (Wildman–Crippen MR) is 71.0 cm³/mol. The van der Waals surface area contributed by atoms with Crippen LogP contribution in [-0.2, 0) is 10.0 Å². The summed E-state index contributed by atoms with van der Waals surface area (Å²) in [5.41, 5.74) is 1.10. The molecule has 0 aliphatic rings. The van der Waals surface area contributed by atoms with Crippen LogP contribution in [0.2, 0.25) is 0 Å². The van der Waals surface area contributed by atoms with E-state index in [1.54, 1.807) is 20.9 Å². The van der Waals surface area contributed by atoms with Gasteiger partial charge in [0.2, 0.25) is 10.0 Å². The van der Waals surface area contributed by atoms with Gasteiger partial charge < -0.3 is 5.32 Å². The van der Waals surface area contributed by atoms with Gasteiger partial charge in [-0.1, -0.05) is 0 Å². The van der Waals surface area contributed by atoms with E-state index in [0.29, 0.717) is 29.4 Å². The zero-order valence-electron chi connectivity index (χ0n) is 11.6. The largest absolute Gasteiger partial charge is 0.318 e. The lowest BCUT2D eigenvalue weighted by Crippen LogP contribution is -2.41. The Morgan fingerprint density at radius 3 is 2.39 bits per heavy atom. The van der Waals surface area contributed by atoms with Crippen LogP contribution in [0.3, 0.4) is 0 Å². The highest BCUT2D eigenvalue weighted by Gasteiger charge is 2.30. The van der Waals surface area contributed by atoms with E-state index in [9.17, 15) is 8.42 Å². The molecule has 0 radical (unpaired) electrons. The van der Waals surface area contributed by atoms with Crippen LogP contribution in [-0.4, -0.2) is 49.1 Å². The smallest absolute Gasteiger partial charge is 0.247 e. The Bertz CT molecular complexity index is 474. The second-order valence-corrected chi connectivity index (χ2v) is 6.40. The van der Waals surface area contributed by atoms with E-state index in [0.717, 1.165) is 0 Å². The van der Waals surface area contributed by atoms with Gasteiger partial charge in [0, 0.05) is 19.1 Å². The van der Waals surface area contributed by atoms with Crippen molar-refractivity contribution < 1.29 is 8.42 Å². The summed E-state index contributed by atoms with van der Waals surface area (Å²) in [5, 5.41) is 9.65. The molecule has 0 aliphatic carbocycles. The number of aromatic nitrogens is 2. The molecule has 0 aliphatic heterocycles. The second kappa shape index (κ2) is 5.81. The van der Waals surface area contributed by atoms with Crippen molar-refractivity contribution in [3.8, 4) is 0 Å². The van der Waals surface area contributed by atoms with E-state index in [2.05, 4.69) is 15.5 Å². The van der Waals surface area contributed by atoms with E-state index >= 15 is 0 Å².